The molecule has 2 nitrogen and oxygen atoms in total. The number of hydrogen-bond donors (Lipinski definition) is 1. The van der Waals surface area contributed by atoms with Crippen molar-refractivity contribution < 1.29 is 0 Å². The molecule has 0 aromatic heterocycles. The predicted octanol–water partition coefficient (Wildman–Crippen LogP) is 2.42. The van der Waals surface area contributed by atoms with Crippen LogP contribution in [0.5, 0.6) is 0 Å². The summed E-state index contributed by atoms with van der Waals surface area (Å²) >= 11 is 0. The van der Waals surface area contributed by atoms with E-state index in [9.17, 15) is 0 Å². The van der Waals surface area contributed by atoms with Crippen LogP contribution >= 0.6 is 0 Å². The zero-order chi connectivity index (χ0) is 9.84. The molecule has 0 saturated heterocycles. The van der Waals surface area contributed by atoms with Gasteiger partial charge in [-0.3, -0.25) is 0 Å². The molecule has 0 bridgehead atoms. The van der Waals surface area contributed by atoms with Crippen molar-refractivity contribution in [2.24, 2.45) is 0 Å². The molecule has 1 aromatic rings. The molecule has 1 rings (SSSR count). The molecule has 0 atom stereocenters. The molecule has 72 valence electrons. The van der Waals surface area contributed by atoms with Crippen molar-refractivity contribution in [2.75, 3.05) is 24.2 Å². The van der Waals surface area contributed by atoms with Gasteiger partial charge in [-0.1, -0.05) is 13.0 Å². The fourth-order valence-corrected chi connectivity index (χ4v) is 1.51. The highest BCUT2D eigenvalue weighted by molar-refractivity contribution is 5.63. The van der Waals surface area contributed by atoms with Crippen LogP contribution in [0.3, 0.4) is 0 Å². The number of nitrogens with two attached hydrogens (primary N) is 1. The average molecular weight is 178 g/mol. The van der Waals surface area contributed by atoms with Crippen LogP contribution in [0.1, 0.15) is 18.9 Å². The third-order valence-electron chi connectivity index (χ3n) is 2.32. The van der Waals surface area contributed by atoms with E-state index in [1.54, 1.807) is 0 Å². The lowest BCUT2D eigenvalue weighted by Crippen LogP contribution is -2.19. The SMILES string of the molecule is CCCN(C)c1cccc(N)c1C. The summed E-state index contributed by atoms with van der Waals surface area (Å²) in [7, 11) is 2.10. The van der Waals surface area contributed by atoms with Crippen molar-refractivity contribution in [3.8, 4) is 0 Å². The molecular weight excluding hydrogens is 160 g/mol. The molecule has 0 aliphatic rings. The molecular formula is C11H18N2. The maximum absolute atomic E-state index is 5.83. The Morgan fingerprint density at radius 1 is 1.38 bits per heavy atom. The van der Waals surface area contributed by atoms with Crippen molar-refractivity contribution in [3.63, 3.8) is 0 Å². The first-order valence-corrected chi connectivity index (χ1v) is 4.73. The smallest absolute Gasteiger partial charge is 0.0414 e. The fraction of sp³-hybridized carbons (Fsp3) is 0.455. The number of benzene rings is 1. The van der Waals surface area contributed by atoms with E-state index in [2.05, 4.69) is 31.9 Å². The van der Waals surface area contributed by atoms with Crippen LogP contribution in [0.25, 0.3) is 0 Å². The summed E-state index contributed by atoms with van der Waals surface area (Å²) < 4.78 is 0. The number of nitrogens with zero attached hydrogens (tertiary/aromatic N) is 1. The van der Waals surface area contributed by atoms with Crippen LogP contribution in [-0.2, 0) is 0 Å². The van der Waals surface area contributed by atoms with E-state index >= 15 is 0 Å². The second-order valence-corrected chi connectivity index (χ2v) is 3.41. The first-order valence-electron chi connectivity index (χ1n) is 4.73. The molecule has 0 spiro atoms. The van der Waals surface area contributed by atoms with Crippen molar-refractivity contribution in [1.29, 1.82) is 0 Å². The Kier molecular flexibility index (Phi) is 3.18. The van der Waals surface area contributed by atoms with Gasteiger partial charge in [-0.2, -0.15) is 0 Å². The molecule has 0 amide bonds. The van der Waals surface area contributed by atoms with Crippen molar-refractivity contribution >= 4 is 11.4 Å². The molecule has 2 N–H and O–H groups in total. The minimum Gasteiger partial charge on any atom is -0.398 e. The zero-order valence-electron chi connectivity index (χ0n) is 8.67. The normalized spacial score (nSPS) is 10.1. The standard InChI is InChI=1S/C11H18N2/c1-4-8-13(3)11-7-5-6-10(12)9(11)2/h5-7H,4,8,12H2,1-3H3. The molecule has 0 saturated carbocycles. The second-order valence-electron chi connectivity index (χ2n) is 3.41. The van der Waals surface area contributed by atoms with Gasteiger partial charge in [-0.15, -0.1) is 0 Å². The maximum atomic E-state index is 5.83. The van der Waals surface area contributed by atoms with E-state index in [1.807, 2.05) is 12.1 Å². The van der Waals surface area contributed by atoms with Crippen LogP contribution in [0.4, 0.5) is 11.4 Å². The lowest BCUT2D eigenvalue weighted by Gasteiger charge is -2.21. The van der Waals surface area contributed by atoms with Gasteiger partial charge in [-0.05, 0) is 31.0 Å². The maximum Gasteiger partial charge on any atom is 0.0414 e. The first-order chi connectivity index (χ1) is 6.16. The summed E-state index contributed by atoms with van der Waals surface area (Å²) in [6.45, 7) is 5.32. The van der Waals surface area contributed by atoms with E-state index in [-0.39, 0.29) is 0 Å². The van der Waals surface area contributed by atoms with Crippen LogP contribution in [-0.4, -0.2) is 13.6 Å². The molecule has 0 radical (unpaired) electrons. The Morgan fingerprint density at radius 3 is 2.69 bits per heavy atom. The Bertz CT molecular complexity index is 281. The minimum absolute atomic E-state index is 0.875. The van der Waals surface area contributed by atoms with Crippen molar-refractivity contribution in [1.82, 2.24) is 0 Å². The molecule has 13 heavy (non-hydrogen) atoms. The van der Waals surface area contributed by atoms with E-state index in [0.29, 0.717) is 0 Å². The average Bonchev–Trinajstić information content (AvgIpc) is 2.10. The Morgan fingerprint density at radius 2 is 2.08 bits per heavy atom. The van der Waals surface area contributed by atoms with E-state index in [0.717, 1.165) is 18.7 Å². The van der Waals surface area contributed by atoms with Crippen LogP contribution in [0.2, 0.25) is 0 Å². The Hall–Kier alpha value is -1.18. The van der Waals surface area contributed by atoms with Gasteiger partial charge in [0.2, 0.25) is 0 Å². The summed E-state index contributed by atoms with van der Waals surface area (Å²) in [5.41, 5.74) is 9.12. The summed E-state index contributed by atoms with van der Waals surface area (Å²) in [4.78, 5) is 2.24. The quantitative estimate of drug-likeness (QED) is 0.720. The Labute approximate surface area is 80.4 Å². The number of hydrogen-bond acceptors (Lipinski definition) is 2. The highest BCUT2D eigenvalue weighted by Gasteiger charge is 2.04. The van der Waals surface area contributed by atoms with Gasteiger partial charge < -0.3 is 10.6 Å². The largest absolute Gasteiger partial charge is 0.398 e. The summed E-state index contributed by atoms with van der Waals surface area (Å²) in [6.07, 6.45) is 1.16. The summed E-state index contributed by atoms with van der Waals surface area (Å²) in [6, 6.07) is 6.06. The first kappa shape index (κ1) is 9.90. The minimum atomic E-state index is 0.875. The van der Waals surface area contributed by atoms with Gasteiger partial charge in [0.1, 0.15) is 0 Å². The zero-order valence-corrected chi connectivity index (χ0v) is 8.67. The third-order valence-corrected chi connectivity index (χ3v) is 2.32. The summed E-state index contributed by atoms with van der Waals surface area (Å²) in [5, 5.41) is 0. The van der Waals surface area contributed by atoms with E-state index in [4.69, 9.17) is 5.73 Å². The molecule has 0 aliphatic heterocycles. The van der Waals surface area contributed by atoms with Gasteiger partial charge >= 0.3 is 0 Å². The molecule has 0 heterocycles. The van der Waals surface area contributed by atoms with Crippen LogP contribution in [0.15, 0.2) is 18.2 Å². The molecule has 0 unspecified atom stereocenters. The number of anilines is 2. The topological polar surface area (TPSA) is 29.3 Å². The number of rotatable bonds is 3. The summed E-state index contributed by atoms with van der Waals surface area (Å²) in [5.74, 6) is 0. The molecule has 1 aromatic carbocycles. The van der Waals surface area contributed by atoms with Gasteiger partial charge in [0.25, 0.3) is 0 Å². The van der Waals surface area contributed by atoms with Gasteiger partial charge in [-0.25, -0.2) is 0 Å². The van der Waals surface area contributed by atoms with Crippen molar-refractivity contribution in [3.05, 3.63) is 23.8 Å². The van der Waals surface area contributed by atoms with Crippen molar-refractivity contribution in [2.45, 2.75) is 20.3 Å². The monoisotopic (exact) mass is 178 g/mol. The number of nitrogen functional groups attached to an aromatic ring is 1. The molecule has 2 heteroatoms. The van der Waals surface area contributed by atoms with Gasteiger partial charge in [0, 0.05) is 25.0 Å². The molecule has 0 fully saturated rings. The fourth-order valence-electron chi connectivity index (χ4n) is 1.51. The van der Waals surface area contributed by atoms with Crippen LogP contribution < -0.4 is 10.6 Å². The van der Waals surface area contributed by atoms with Gasteiger partial charge in [0.05, 0.1) is 0 Å². The van der Waals surface area contributed by atoms with Crippen LogP contribution in [0, 0.1) is 6.92 Å². The molecule has 0 aliphatic carbocycles. The lowest BCUT2D eigenvalue weighted by atomic mass is 10.1. The second kappa shape index (κ2) is 4.17. The Balaban J connectivity index is 2.93. The van der Waals surface area contributed by atoms with Gasteiger partial charge in [0.15, 0.2) is 0 Å². The lowest BCUT2D eigenvalue weighted by molar-refractivity contribution is 0.849. The third kappa shape index (κ3) is 2.14. The predicted molar refractivity (Wildman–Crippen MR) is 59.2 cm³/mol. The van der Waals surface area contributed by atoms with E-state index < -0.39 is 0 Å². The van der Waals surface area contributed by atoms with E-state index in [1.165, 1.54) is 11.3 Å². The highest BCUT2D eigenvalue weighted by atomic mass is 15.1. The highest BCUT2D eigenvalue weighted by Crippen LogP contribution is 2.23.